The zero-order valence-electron chi connectivity index (χ0n) is 41.8. The third kappa shape index (κ3) is 17.9. The van der Waals surface area contributed by atoms with Crippen LogP contribution in [0.1, 0.15) is 118 Å². The van der Waals surface area contributed by atoms with E-state index in [4.69, 9.17) is 9.90 Å². The van der Waals surface area contributed by atoms with Crippen molar-refractivity contribution in [3.63, 3.8) is 0 Å². The van der Waals surface area contributed by atoms with Crippen LogP contribution in [0, 0.1) is 0 Å². The van der Waals surface area contributed by atoms with Gasteiger partial charge in [0.25, 0.3) is 5.69 Å². The molecule has 0 saturated carbocycles. The summed E-state index contributed by atoms with van der Waals surface area (Å²) in [6, 6.07) is 15.3. The molecular weight excluding hydrogens is 968 g/mol. The molecule has 0 saturated heterocycles. The number of H-pyrrole nitrogens is 1. The highest BCUT2D eigenvalue weighted by Gasteiger charge is 2.36. The van der Waals surface area contributed by atoms with Gasteiger partial charge in [0.15, 0.2) is 6.20 Å². The fraction of sp³-hybridized carbons (Fsp3) is 0.434. The Hall–Kier alpha value is -7.55. The average Bonchev–Trinajstić information content (AvgIpc) is 3.36. The highest BCUT2D eigenvalue weighted by molar-refractivity contribution is 5.96. The van der Waals surface area contributed by atoms with E-state index in [2.05, 4.69) is 63.2 Å². The number of aromatic nitrogens is 1. The van der Waals surface area contributed by atoms with Gasteiger partial charge in [0, 0.05) is 49.2 Å². The monoisotopic (exact) mass is 1030 g/mol. The number of pyridine rings is 1. The number of aromatic hydroxyl groups is 2. The fourth-order valence-electron chi connectivity index (χ4n) is 8.21. The molecule has 74 heavy (non-hydrogen) atoms. The lowest BCUT2D eigenvalue weighted by molar-refractivity contribution is -0.381. The molecule has 2 heterocycles. The van der Waals surface area contributed by atoms with Crippen molar-refractivity contribution >= 4 is 41.5 Å². The van der Waals surface area contributed by atoms with Crippen LogP contribution in [0.2, 0.25) is 0 Å². The number of aryl methyl sites for hydroxylation is 1. The maximum absolute atomic E-state index is 14.4. The van der Waals surface area contributed by atoms with E-state index in [1.165, 1.54) is 101 Å². The first-order valence-electron chi connectivity index (χ1n) is 24.7. The number of likely N-dealkylation sites (N-methyl/N-ethyl adjacent to an activating group) is 1. The van der Waals surface area contributed by atoms with Crippen molar-refractivity contribution in [2.24, 2.45) is 0 Å². The van der Waals surface area contributed by atoms with Crippen LogP contribution in [-0.2, 0) is 41.6 Å². The molecule has 400 valence electrons. The summed E-state index contributed by atoms with van der Waals surface area (Å²) in [7, 11) is 1.38. The summed E-state index contributed by atoms with van der Waals surface area (Å²) in [4.78, 5) is 93.5. The number of phenolic OH excluding ortho intramolecular Hbond substituents is 2. The number of carboxylic acid groups (broad SMARTS) is 2. The Morgan fingerprint density at radius 3 is 2.07 bits per heavy atom. The Morgan fingerprint density at radius 1 is 0.838 bits per heavy atom. The van der Waals surface area contributed by atoms with E-state index in [1.807, 2.05) is 6.07 Å². The number of unbranched alkanes of at least 4 members (excludes halogenated alkanes) is 7. The topological polar surface area (TPSA) is 296 Å². The van der Waals surface area contributed by atoms with Gasteiger partial charge < -0.3 is 57.1 Å². The van der Waals surface area contributed by atoms with E-state index < -0.39 is 71.8 Å². The van der Waals surface area contributed by atoms with Crippen LogP contribution in [-0.4, -0.2) is 106 Å². The number of alkyl halides is 3. The SMILES string of the molecule is CCCCCCCCCc1ccc(-c2ccc(C(=O)NCCC(=O)N[C@@H](CCCC[NH3+])C(=O)N(C)[C@@H]3C(=O)N[C@@H](C)C(=O)N[C@H](C(=O)O)Cc4ccc(O)c(c4)-c4cc3ccc4O)[nH+]c2)cc1.O=C([O-])C(F)(F)F. The number of rotatable bonds is 21. The van der Waals surface area contributed by atoms with Crippen LogP contribution >= 0.6 is 0 Å². The van der Waals surface area contributed by atoms with Gasteiger partial charge in [-0.2, -0.15) is 13.2 Å². The minimum Gasteiger partial charge on any atom is -0.542 e. The summed E-state index contributed by atoms with van der Waals surface area (Å²) in [5, 5.41) is 51.2. The lowest BCUT2D eigenvalue weighted by Crippen LogP contribution is -2.55. The molecule has 0 radical (unpaired) electrons. The molecule has 1 aliphatic heterocycles. The number of amides is 5. The molecule has 11 N–H and O–H groups in total. The molecule has 4 atom stereocenters. The summed E-state index contributed by atoms with van der Waals surface area (Å²) in [5.41, 5.74) is 8.29. The lowest BCUT2D eigenvalue weighted by atomic mass is 9.93. The number of aliphatic carboxylic acids is 2. The molecule has 1 aliphatic rings. The van der Waals surface area contributed by atoms with E-state index >= 15 is 0 Å². The number of carbonyl (C=O) groups is 7. The van der Waals surface area contributed by atoms with Crippen molar-refractivity contribution < 1.29 is 77.9 Å². The number of aromatic amines is 1. The highest BCUT2D eigenvalue weighted by Crippen LogP contribution is 2.39. The maximum Gasteiger partial charge on any atom is 0.430 e. The number of hydrogen-bond donors (Lipinski definition) is 8. The molecule has 5 rings (SSSR count). The van der Waals surface area contributed by atoms with Crippen molar-refractivity contribution in [3.05, 3.63) is 101 Å². The maximum atomic E-state index is 14.4. The van der Waals surface area contributed by atoms with Gasteiger partial charge >= 0.3 is 18.1 Å². The Labute approximate surface area is 427 Å². The third-order valence-electron chi connectivity index (χ3n) is 12.4. The van der Waals surface area contributed by atoms with Crippen LogP contribution < -0.4 is 37.1 Å². The molecule has 0 unspecified atom stereocenters. The summed E-state index contributed by atoms with van der Waals surface area (Å²) in [6.07, 6.45) is 7.55. The van der Waals surface area contributed by atoms with Crippen molar-refractivity contribution in [2.45, 2.75) is 128 Å². The van der Waals surface area contributed by atoms with Crippen molar-refractivity contribution in [3.8, 4) is 33.8 Å². The number of hydrogen-bond acceptors (Lipinski definition) is 10. The summed E-state index contributed by atoms with van der Waals surface area (Å²) >= 11 is 0. The van der Waals surface area contributed by atoms with Gasteiger partial charge in [-0.3, -0.25) is 24.0 Å². The zero-order valence-corrected chi connectivity index (χ0v) is 41.8. The first-order valence-corrected chi connectivity index (χ1v) is 24.7. The van der Waals surface area contributed by atoms with Crippen LogP contribution in [0.3, 0.4) is 0 Å². The molecule has 0 aliphatic carbocycles. The fourth-order valence-corrected chi connectivity index (χ4v) is 8.21. The Bertz CT molecular complexity index is 2560. The summed E-state index contributed by atoms with van der Waals surface area (Å²) < 4.78 is 31.5. The molecule has 0 fully saturated rings. The molecular formula is C53H67F3N7O11+. The van der Waals surface area contributed by atoms with Gasteiger partial charge in [-0.05, 0) is 91.6 Å². The first-order chi connectivity index (χ1) is 35.1. The predicted molar refractivity (Wildman–Crippen MR) is 263 cm³/mol. The van der Waals surface area contributed by atoms with Crippen LogP contribution in [0.4, 0.5) is 13.2 Å². The number of carboxylic acids is 2. The number of carbonyl (C=O) groups excluding carboxylic acids is 6. The largest absolute Gasteiger partial charge is 0.542 e. The third-order valence-corrected chi connectivity index (χ3v) is 12.4. The summed E-state index contributed by atoms with van der Waals surface area (Å²) in [5.74, 6) is -8.01. The summed E-state index contributed by atoms with van der Waals surface area (Å²) in [6.45, 7) is 4.16. The molecule has 1 aromatic heterocycles. The quantitative estimate of drug-likeness (QED) is 0.0557. The first kappa shape index (κ1) is 59.0. The predicted octanol–water partition coefficient (Wildman–Crippen LogP) is 3.68. The normalized spacial score (nSPS) is 16.0. The van der Waals surface area contributed by atoms with E-state index in [1.54, 1.807) is 12.3 Å². The van der Waals surface area contributed by atoms with Gasteiger partial charge in [-0.1, -0.05) is 81.8 Å². The molecule has 4 bridgehead atoms. The van der Waals surface area contributed by atoms with E-state index in [9.17, 15) is 57.3 Å². The lowest BCUT2D eigenvalue weighted by Gasteiger charge is -2.32. The molecule has 21 heteroatoms. The molecule has 0 spiro atoms. The van der Waals surface area contributed by atoms with Gasteiger partial charge in [-0.25, -0.2) is 9.78 Å². The van der Waals surface area contributed by atoms with Gasteiger partial charge in [0.1, 0.15) is 41.6 Å². The van der Waals surface area contributed by atoms with E-state index in [0.29, 0.717) is 30.6 Å². The second-order valence-corrected chi connectivity index (χ2v) is 18.1. The number of nitrogens with zero attached hydrogens (tertiary/aromatic N) is 1. The minimum atomic E-state index is -5.19. The smallest absolute Gasteiger partial charge is 0.430 e. The van der Waals surface area contributed by atoms with Crippen molar-refractivity contribution in [1.82, 2.24) is 26.2 Å². The molecule has 18 nitrogen and oxygen atoms in total. The molecule has 3 aromatic carbocycles. The second-order valence-electron chi connectivity index (χ2n) is 18.1. The molecule has 5 amide bonds. The van der Waals surface area contributed by atoms with E-state index in [-0.39, 0.29) is 54.0 Å². The Morgan fingerprint density at radius 2 is 1.46 bits per heavy atom. The highest BCUT2D eigenvalue weighted by atomic mass is 19.4. The molecule has 4 aromatic rings. The van der Waals surface area contributed by atoms with Crippen molar-refractivity contribution in [1.29, 1.82) is 0 Å². The average molecular weight is 1040 g/mol. The standard InChI is InChI=1S/C51H65N7O9.C2HF3O2/c1-4-5-6-7-8-9-10-13-33-15-18-35(19-16-33)37-20-22-40(54-31-37)48(63)53-27-25-45(61)56-41(14-11-12-26-52)50(65)58(3)46-36-21-24-44(60)39(30-36)38-28-34(17-23-43(38)59)29-42(51(66)67)57-47(62)32(2)55-49(46)64;3-2(4,5)1(6)7/h15-24,28,30-32,41-42,46,59-60H,4-14,25-27,29,52H2,1-3H3,(H,53,63)(H,55,64)(H,56,61)(H,57,62)(H,66,67);(H,6,7)/p+1/t32-,41-,42-,46-;/m0./s1. The van der Waals surface area contributed by atoms with Crippen LogP contribution in [0.25, 0.3) is 22.3 Å². The number of phenols is 2. The number of fused-ring (bicyclic) bond motifs is 5. The van der Waals surface area contributed by atoms with Crippen LogP contribution in [0.15, 0.2) is 79.0 Å². The number of nitrogens with one attached hydrogen (secondary N) is 5. The Balaban J connectivity index is 0.00000158. The van der Waals surface area contributed by atoms with E-state index in [0.717, 1.165) is 22.4 Å². The minimum absolute atomic E-state index is 0.0336. The Kier molecular flexibility index (Phi) is 22.8. The van der Waals surface area contributed by atoms with Gasteiger partial charge in [-0.15, -0.1) is 0 Å². The van der Waals surface area contributed by atoms with Crippen LogP contribution in [0.5, 0.6) is 11.5 Å². The van der Waals surface area contributed by atoms with Gasteiger partial charge in [0.05, 0.1) is 6.54 Å². The zero-order chi connectivity index (χ0) is 54.5. The van der Waals surface area contributed by atoms with Gasteiger partial charge in [0.2, 0.25) is 23.6 Å². The second kappa shape index (κ2) is 28.6. The van der Waals surface area contributed by atoms with Crippen molar-refractivity contribution in [2.75, 3.05) is 20.1 Å². The number of quaternary nitrogens is 1. The number of halogens is 3. The number of benzene rings is 3.